The summed E-state index contributed by atoms with van der Waals surface area (Å²) >= 11 is 0. The van der Waals surface area contributed by atoms with Gasteiger partial charge in [0, 0.05) is 42.9 Å². The number of ether oxygens (including phenoxy) is 1. The topological polar surface area (TPSA) is 188 Å². The van der Waals surface area contributed by atoms with Crippen LogP contribution in [0.5, 0.6) is 5.75 Å². The Morgan fingerprint density at radius 2 is 1.92 bits per heavy atom. The molecule has 1 saturated carbocycles. The average Bonchev–Trinajstić information content (AvgIpc) is 2.80. The number of rotatable bonds is 5. The molecule has 3 aliphatic rings. The molecule has 6 N–H and O–H groups in total. The zero-order valence-corrected chi connectivity index (χ0v) is 20.7. The lowest BCUT2D eigenvalue weighted by molar-refractivity contribution is -0.167. The number of aliphatic hydroxyl groups is 3. The van der Waals surface area contributed by atoms with Gasteiger partial charge < -0.3 is 35.8 Å². The van der Waals surface area contributed by atoms with Crippen molar-refractivity contribution in [3.63, 3.8) is 0 Å². The van der Waals surface area contributed by atoms with E-state index >= 15 is 0 Å². The number of primary amides is 1. The third-order valence-corrected chi connectivity index (χ3v) is 7.56. The highest BCUT2D eigenvalue weighted by atomic mass is 16.5. The molecule has 0 spiro atoms. The minimum atomic E-state index is -2.57. The van der Waals surface area contributed by atoms with Gasteiger partial charge in [-0.2, -0.15) is 0 Å². The monoisotopic (exact) mass is 514 g/mol. The normalized spacial score (nSPS) is 29.0. The lowest BCUT2D eigenvalue weighted by Crippen LogP contribution is -2.63. The molecule has 198 valence electrons. The van der Waals surface area contributed by atoms with E-state index in [0.29, 0.717) is 11.3 Å². The number of ketones is 2. The van der Waals surface area contributed by atoms with Gasteiger partial charge in [0.1, 0.15) is 17.4 Å². The fourth-order valence-corrected chi connectivity index (χ4v) is 5.87. The Morgan fingerprint density at radius 3 is 2.51 bits per heavy atom. The van der Waals surface area contributed by atoms with Crippen LogP contribution in [-0.2, 0) is 25.5 Å². The van der Waals surface area contributed by atoms with E-state index in [0.717, 1.165) is 6.08 Å². The highest BCUT2D eigenvalue weighted by Crippen LogP contribution is 2.53. The molecule has 11 nitrogen and oxygen atoms in total. The van der Waals surface area contributed by atoms with Gasteiger partial charge in [-0.15, -0.1) is 0 Å². The van der Waals surface area contributed by atoms with Crippen LogP contribution >= 0.6 is 0 Å². The number of nitrogens with two attached hydrogens (primary N) is 1. The van der Waals surface area contributed by atoms with Gasteiger partial charge in [0.25, 0.3) is 0 Å². The predicted molar refractivity (Wildman–Crippen MR) is 131 cm³/mol. The van der Waals surface area contributed by atoms with Crippen molar-refractivity contribution < 1.29 is 44.3 Å². The molecule has 37 heavy (non-hydrogen) atoms. The Hall–Kier alpha value is -3.70. The average molecular weight is 515 g/mol. The quantitative estimate of drug-likeness (QED) is 0.209. The first-order valence-corrected chi connectivity index (χ1v) is 12.0. The molecule has 0 heterocycles. The summed E-state index contributed by atoms with van der Waals surface area (Å²) in [6, 6.07) is 1.62. The number of nitrogens with zero attached hydrogens (tertiary/aromatic N) is 1. The molecule has 1 fully saturated rings. The highest BCUT2D eigenvalue weighted by molar-refractivity contribution is 6.16. The fraction of sp³-hybridized carbons (Fsp3) is 0.462. The highest BCUT2D eigenvalue weighted by Gasteiger charge is 2.62. The van der Waals surface area contributed by atoms with E-state index in [2.05, 4.69) is 0 Å². The van der Waals surface area contributed by atoms with Gasteiger partial charge in [-0.1, -0.05) is 0 Å². The van der Waals surface area contributed by atoms with E-state index in [-0.39, 0.29) is 42.6 Å². The summed E-state index contributed by atoms with van der Waals surface area (Å²) in [5.41, 5.74) is 3.61. The Bertz CT molecular complexity index is 1260. The minimum Gasteiger partial charge on any atom is -0.508 e. The Morgan fingerprint density at radius 1 is 1.24 bits per heavy atom. The molecular weight excluding hydrogens is 484 g/mol. The molecule has 0 bridgehead atoms. The van der Waals surface area contributed by atoms with Gasteiger partial charge in [-0.05, 0) is 49.8 Å². The van der Waals surface area contributed by atoms with Crippen LogP contribution in [0.4, 0.5) is 5.69 Å². The molecule has 1 aromatic carbocycles. The summed E-state index contributed by atoms with van der Waals surface area (Å²) in [6.07, 6.45) is 1.09. The molecule has 0 saturated heterocycles. The number of Topliss-reactive ketones (excluding diaryl/α,β-unsaturated/α-hetero) is 2. The van der Waals surface area contributed by atoms with E-state index in [1.807, 2.05) is 0 Å². The molecule has 0 aromatic heterocycles. The van der Waals surface area contributed by atoms with E-state index < -0.39 is 64.4 Å². The van der Waals surface area contributed by atoms with Gasteiger partial charge in [0.2, 0.25) is 5.91 Å². The lowest BCUT2D eigenvalue weighted by Gasteiger charge is -2.48. The summed E-state index contributed by atoms with van der Waals surface area (Å²) in [6.45, 7) is 1.81. The van der Waals surface area contributed by atoms with E-state index in [4.69, 9.17) is 10.5 Å². The maximum atomic E-state index is 13.8. The van der Waals surface area contributed by atoms with Crippen molar-refractivity contribution in [2.24, 2.45) is 23.5 Å². The number of hydrogen-bond acceptors (Lipinski definition) is 10. The maximum absolute atomic E-state index is 13.8. The number of anilines is 1. The fourth-order valence-electron chi connectivity index (χ4n) is 5.87. The van der Waals surface area contributed by atoms with Crippen LogP contribution < -0.4 is 10.6 Å². The first kappa shape index (κ1) is 26.4. The van der Waals surface area contributed by atoms with E-state index in [9.17, 15) is 39.6 Å². The van der Waals surface area contributed by atoms with Crippen LogP contribution in [0.3, 0.4) is 0 Å². The summed E-state index contributed by atoms with van der Waals surface area (Å²) in [4.78, 5) is 52.3. The summed E-state index contributed by atoms with van der Waals surface area (Å²) in [7, 11) is 3.50. The van der Waals surface area contributed by atoms with Gasteiger partial charge in [0.05, 0.1) is 18.3 Å². The first-order chi connectivity index (χ1) is 17.3. The predicted octanol–water partition coefficient (Wildman–Crippen LogP) is 0.388. The zero-order valence-electron chi connectivity index (χ0n) is 20.7. The van der Waals surface area contributed by atoms with Gasteiger partial charge in [0.15, 0.2) is 17.2 Å². The number of fused-ring (bicyclic) bond motifs is 3. The number of carbonyl (C=O) groups is 4. The van der Waals surface area contributed by atoms with Crippen molar-refractivity contribution in [1.82, 2.24) is 0 Å². The van der Waals surface area contributed by atoms with Gasteiger partial charge >= 0.3 is 5.97 Å². The summed E-state index contributed by atoms with van der Waals surface area (Å²) in [5, 5.41) is 44.0. The Balaban J connectivity index is 1.88. The number of benzene rings is 1. The molecular formula is C26H30N2O9. The number of esters is 1. The van der Waals surface area contributed by atoms with Crippen LogP contribution in [0.15, 0.2) is 23.5 Å². The van der Waals surface area contributed by atoms with E-state index in [1.165, 1.54) is 6.08 Å². The molecule has 0 aliphatic heterocycles. The number of allylic oxidation sites excluding steroid dienone is 1. The van der Waals surface area contributed by atoms with Crippen molar-refractivity contribution in [1.29, 1.82) is 0 Å². The minimum absolute atomic E-state index is 0.0769. The number of aliphatic hydroxyl groups excluding tert-OH is 2. The lowest BCUT2D eigenvalue weighted by atomic mass is 9.57. The van der Waals surface area contributed by atoms with Gasteiger partial charge in [-0.3, -0.25) is 14.4 Å². The second kappa shape index (κ2) is 9.31. The van der Waals surface area contributed by atoms with Crippen molar-refractivity contribution in [3.05, 3.63) is 40.2 Å². The van der Waals surface area contributed by atoms with Crippen molar-refractivity contribution in [2.45, 2.75) is 37.9 Å². The van der Waals surface area contributed by atoms with Crippen molar-refractivity contribution in [3.8, 4) is 5.75 Å². The third kappa shape index (κ3) is 3.98. The molecule has 4 rings (SSSR count). The maximum Gasteiger partial charge on any atom is 0.330 e. The second-order valence-corrected chi connectivity index (χ2v) is 9.91. The molecule has 1 aromatic rings. The van der Waals surface area contributed by atoms with Crippen LogP contribution in [0.25, 0.3) is 6.08 Å². The number of carbonyl (C=O) groups excluding carboxylic acids is 4. The van der Waals surface area contributed by atoms with E-state index in [1.54, 1.807) is 32.0 Å². The smallest absolute Gasteiger partial charge is 0.330 e. The molecule has 11 heteroatoms. The molecule has 2 unspecified atom stereocenters. The number of phenols is 1. The van der Waals surface area contributed by atoms with Crippen molar-refractivity contribution in [2.75, 3.05) is 25.6 Å². The first-order valence-electron chi connectivity index (χ1n) is 12.0. The Labute approximate surface area is 212 Å². The van der Waals surface area contributed by atoms with Gasteiger partial charge in [-0.25, -0.2) is 4.79 Å². The second-order valence-electron chi connectivity index (χ2n) is 9.91. The molecule has 1 amide bonds. The summed E-state index contributed by atoms with van der Waals surface area (Å²) in [5.74, 6) is -8.33. The Kier molecular flexibility index (Phi) is 6.63. The largest absolute Gasteiger partial charge is 0.508 e. The van der Waals surface area contributed by atoms with Crippen LogP contribution in [-0.4, -0.2) is 76.3 Å². The number of aromatic hydroxyl groups is 1. The third-order valence-electron chi connectivity index (χ3n) is 7.56. The number of hydrogen-bond donors (Lipinski definition) is 5. The number of amides is 1. The molecule has 0 radical (unpaired) electrons. The van der Waals surface area contributed by atoms with Crippen molar-refractivity contribution >= 4 is 35.2 Å². The van der Waals surface area contributed by atoms with Crippen LogP contribution in [0.2, 0.25) is 0 Å². The zero-order chi connectivity index (χ0) is 27.4. The number of phenolic OH excluding ortho intramolecular Hbond substituents is 1. The van der Waals surface area contributed by atoms with Crippen LogP contribution in [0, 0.1) is 17.8 Å². The molecule has 3 aliphatic carbocycles. The summed E-state index contributed by atoms with van der Waals surface area (Å²) < 4.78 is 4.87. The SMILES string of the molecule is CCOC(=O)/C=C/c1cc(N(C)C)c2c(c1O)C(=O)C1=C(O)[C@]3(O)C(=O)C(C(N)=O)C(O)C[C@@H]3C[C@@H]1C2. The standard InChI is InChI=1S/C26H30N2O9/c1-4-37-17(30)6-5-11-9-15(28(2)3)14-8-12-7-13-10-16(29)20(25(27)35)24(34)26(13,36)23(33)18(12)22(32)19(14)21(11)31/h5-6,9,12-13,16,20,29,31,33,36H,4,7-8,10H2,1-3H3,(H2,27,35)/b6-5+/t12-,13+,16?,20?,26+/m1/s1. The molecule has 5 atom stereocenters. The van der Waals surface area contributed by atoms with Crippen LogP contribution in [0.1, 0.15) is 41.3 Å².